The molecule has 0 aliphatic heterocycles. The molecule has 2 aromatic rings. The Kier molecular flexibility index (Phi) is 8.16. The smallest absolute Gasteiger partial charge is 0.416 e. The maximum atomic E-state index is 12.6. The van der Waals surface area contributed by atoms with Gasteiger partial charge in [-0.3, -0.25) is 4.79 Å². The second-order valence-electron chi connectivity index (χ2n) is 6.22. The predicted octanol–water partition coefficient (Wildman–Crippen LogP) is 5.04. The molecule has 2 aromatic carbocycles. The van der Waals surface area contributed by atoms with Crippen molar-refractivity contribution in [3.63, 3.8) is 0 Å². The Bertz CT molecular complexity index is 881. The molecular weight excluding hydrogens is 421 g/mol. The molecule has 0 aromatic heterocycles. The molecule has 1 atom stereocenters. The van der Waals surface area contributed by atoms with Crippen molar-refractivity contribution in [3.05, 3.63) is 53.6 Å². The van der Waals surface area contributed by atoms with Crippen LogP contribution in [0.1, 0.15) is 25.0 Å². The number of alkyl halides is 3. The first-order chi connectivity index (χ1) is 14.1. The Morgan fingerprint density at radius 2 is 1.77 bits per heavy atom. The monoisotopic (exact) mass is 442 g/mol. The van der Waals surface area contributed by atoms with E-state index in [2.05, 4.69) is 0 Å². The van der Waals surface area contributed by atoms with E-state index in [0.717, 1.165) is 34.7 Å². The third-order valence-electron chi connectivity index (χ3n) is 3.84. The normalized spacial score (nSPS) is 12.2. The van der Waals surface area contributed by atoms with Crippen molar-refractivity contribution in [1.82, 2.24) is 0 Å². The fourth-order valence-corrected chi connectivity index (χ4v) is 3.30. The highest BCUT2D eigenvalue weighted by molar-refractivity contribution is 8.00. The zero-order chi connectivity index (χ0) is 22.3. The lowest BCUT2D eigenvalue weighted by atomic mass is 10.2. The number of esters is 2. The summed E-state index contributed by atoms with van der Waals surface area (Å²) in [5.74, 6) is -0.484. The molecule has 0 aliphatic carbocycles. The molecule has 162 valence electrons. The molecule has 0 saturated heterocycles. The van der Waals surface area contributed by atoms with Crippen LogP contribution >= 0.6 is 11.8 Å². The first kappa shape index (κ1) is 23.6. The number of carbonyl (C=O) groups excluding carboxylic acids is 2. The van der Waals surface area contributed by atoms with Gasteiger partial charge in [-0.15, -0.1) is 11.8 Å². The molecule has 30 heavy (non-hydrogen) atoms. The number of aryl methyl sites for hydroxylation is 1. The molecular formula is C21H21F3O5S. The third kappa shape index (κ3) is 6.98. The Morgan fingerprint density at radius 3 is 2.33 bits per heavy atom. The number of hydrogen-bond donors (Lipinski definition) is 0. The van der Waals surface area contributed by atoms with Gasteiger partial charge in [0.05, 0.1) is 12.2 Å². The Hall–Kier alpha value is -2.68. The molecule has 0 aliphatic rings. The van der Waals surface area contributed by atoms with E-state index in [0.29, 0.717) is 5.75 Å². The second-order valence-corrected chi connectivity index (χ2v) is 7.64. The second kappa shape index (κ2) is 10.4. The van der Waals surface area contributed by atoms with Crippen LogP contribution in [-0.4, -0.2) is 30.4 Å². The van der Waals surface area contributed by atoms with Gasteiger partial charge < -0.3 is 14.2 Å². The summed E-state index contributed by atoms with van der Waals surface area (Å²) in [5, 5.41) is -0.599. The van der Waals surface area contributed by atoms with Crippen molar-refractivity contribution in [2.24, 2.45) is 0 Å². The van der Waals surface area contributed by atoms with Gasteiger partial charge in [0.25, 0.3) is 0 Å². The van der Waals surface area contributed by atoms with Crippen LogP contribution in [-0.2, 0) is 20.5 Å². The van der Waals surface area contributed by atoms with Crippen LogP contribution in [0.4, 0.5) is 13.2 Å². The van der Waals surface area contributed by atoms with E-state index in [-0.39, 0.29) is 19.0 Å². The summed E-state index contributed by atoms with van der Waals surface area (Å²) in [4.78, 5) is 24.4. The van der Waals surface area contributed by atoms with Crippen molar-refractivity contribution < 1.29 is 37.0 Å². The van der Waals surface area contributed by atoms with E-state index in [1.54, 1.807) is 39.0 Å². The summed E-state index contributed by atoms with van der Waals surface area (Å²) in [6, 6.07) is 9.16. The number of hydrogen-bond acceptors (Lipinski definition) is 6. The van der Waals surface area contributed by atoms with Crippen LogP contribution in [0.2, 0.25) is 0 Å². The van der Waals surface area contributed by atoms with E-state index in [1.165, 1.54) is 11.8 Å². The summed E-state index contributed by atoms with van der Waals surface area (Å²) >= 11 is 1.23. The largest absolute Gasteiger partial charge is 0.482 e. The number of carbonyl (C=O) groups is 2. The van der Waals surface area contributed by atoms with E-state index in [9.17, 15) is 22.8 Å². The van der Waals surface area contributed by atoms with Crippen LogP contribution in [0, 0.1) is 6.92 Å². The minimum atomic E-state index is -4.45. The number of halogens is 3. The molecule has 0 spiro atoms. The van der Waals surface area contributed by atoms with E-state index in [4.69, 9.17) is 14.2 Å². The van der Waals surface area contributed by atoms with Gasteiger partial charge in [-0.2, -0.15) is 13.2 Å². The molecule has 1 unspecified atom stereocenters. The minimum absolute atomic E-state index is 0.0411. The highest BCUT2D eigenvalue weighted by Gasteiger charge is 2.30. The van der Waals surface area contributed by atoms with Crippen LogP contribution in [0.15, 0.2) is 47.4 Å². The van der Waals surface area contributed by atoms with Crippen molar-refractivity contribution in [2.45, 2.75) is 37.1 Å². The number of rotatable bonds is 8. The minimum Gasteiger partial charge on any atom is -0.482 e. The first-order valence-corrected chi connectivity index (χ1v) is 9.92. The lowest BCUT2D eigenvalue weighted by Crippen LogP contribution is -2.20. The highest BCUT2D eigenvalue weighted by atomic mass is 32.2. The molecule has 0 amide bonds. The van der Waals surface area contributed by atoms with Crippen LogP contribution in [0.5, 0.6) is 11.5 Å². The highest BCUT2D eigenvalue weighted by Crippen LogP contribution is 2.31. The molecule has 0 N–H and O–H groups in total. The van der Waals surface area contributed by atoms with Crippen LogP contribution in [0.3, 0.4) is 0 Å². The van der Waals surface area contributed by atoms with E-state index in [1.807, 2.05) is 0 Å². The maximum absolute atomic E-state index is 12.6. The van der Waals surface area contributed by atoms with Crippen LogP contribution < -0.4 is 9.47 Å². The molecule has 0 bridgehead atoms. The molecule has 0 fully saturated rings. The average molecular weight is 442 g/mol. The first-order valence-electron chi connectivity index (χ1n) is 9.04. The van der Waals surface area contributed by atoms with Crippen molar-refractivity contribution in [1.29, 1.82) is 0 Å². The summed E-state index contributed by atoms with van der Waals surface area (Å²) in [7, 11) is 0. The van der Waals surface area contributed by atoms with Gasteiger partial charge in [0, 0.05) is 4.90 Å². The van der Waals surface area contributed by atoms with Gasteiger partial charge in [0.1, 0.15) is 16.7 Å². The van der Waals surface area contributed by atoms with Gasteiger partial charge >= 0.3 is 18.1 Å². The summed E-state index contributed by atoms with van der Waals surface area (Å²) in [6.45, 7) is 5.22. The fourth-order valence-electron chi connectivity index (χ4n) is 2.36. The van der Waals surface area contributed by atoms with Gasteiger partial charge in [0.15, 0.2) is 6.61 Å². The van der Waals surface area contributed by atoms with Crippen molar-refractivity contribution in [3.8, 4) is 11.5 Å². The molecule has 2 rings (SSSR count). The predicted molar refractivity (Wildman–Crippen MR) is 106 cm³/mol. The third-order valence-corrected chi connectivity index (χ3v) is 4.91. The van der Waals surface area contributed by atoms with Crippen molar-refractivity contribution in [2.75, 3.05) is 13.2 Å². The number of ether oxygens (including phenoxy) is 3. The quantitative estimate of drug-likeness (QED) is 0.324. The Labute approximate surface area is 176 Å². The average Bonchev–Trinajstić information content (AvgIpc) is 2.67. The van der Waals surface area contributed by atoms with E-state index >= 15 is 0 Å². The molecule has 0 radical (unpaired) electrons. The lowest BCUT2D eigenvalue weighted by molar-refractivity contribution is -0.145. The standard InChI is InChI=1S/C21H21F3O5S/c1-4-27-19(25)12-28-18-10-9-17(11-13(18)2)30-14(3)20(26)29-16-7-5-15(6-8-16)21(22,23)24/h5-11,14H,4,12H2,1-3H3. The molecule has 0 saturated carbocycles. The van der Waals surface area contributed by atoms with E-state index < -0.39 is 28.9 Å². The van der Waals surface area contributed by atoms with Gasteiger partial charge in [0.2, 0.25) is 0 Å². The summed E-state index contributed by atoms with van der Waals surface area (Å²) < 4.78 is 53.2. The summed E-state index contributed by atoms with van der Waals surface area (Å²) in [5.41, 5.74) is -0.0435. The number of benzene rings is 2. The van der Waals surface area contributed by atoms with Crippen LogP contribution in [0.25, 0.3) is 0 Å². The molecule has 5 nitrogen and oxygen atoms in total. The Morgan fingerprint density at radius 1 is 1.10 bits per heavy atom. The summed E-state index contributed by atoms with van der Waals surface area (Å²) in [6.07, 6.45) is -4.45. The zero-order valence-electron chi connectivity index (χ0n) is 16.6. The fraction of sp³-hybridized carbons (Fsp3) is 0.333. The van der Waals surface area contributed by atoms with Gasteiger partial charge in [-0.25, -0.2) is 4.79 Å². The van der Waals surface area contributed by atoms with Crippen molar-refractivity contribution >= 4 is 23.7 Å². The maximum Gasteiger partial charge on any atom is 0.416 e. The zero-order valence-corrected chi connectivity index (χ0v) is 17.4. The van der Waals surface area contributed by atoms with Gasteiger partial charge in [-0.1, -0.05) is 0 Å². The molecule has 0 heterocycles. The number of thioether (sulfide) groups is 1. The topological polar surface area (TPSA) is 61.8 Å². The van der Waals surface area contributed by atoms with Gasteiger partial charge in [-0.05, 0) is 68.8 Å². The molecule has 9 heteroatoms. The lowest BCUT2D eigenvalue weighted by Gasteiger charge is -2.14. The Balaban J connectivity index is 1.93. The SMILES string of the molecule is CCOC(=O)COc1ccc(SC(C)C(=O)Oc2ccc(C(F)(F)F)cc2)cc1C.